The second kappa shape index (κ2) is 9.89. The van der Waals surface area contributed by atoms with Gasteiger partial charge in [-0.15, -0.1) is 11.3 Å². The zero-order valence-electron chi connectivity index (χ0n) is 17.2. The lowest BCUT2D eigenvalue weighted by Gasteiger charge is -2.14. The topological polar surface area (TPSA) is 76.7 Å². The number of amides is 1. The van der Waals surface area contributed by atoms with Gasteiger partial charge < -0.3 is 20.1 Å². The average molecular weight is 417 g/mol. The molecular weight excluding hydrogens is 388 g/mol. The van der Waals surface area contributed by atoms with Crippen molar-refractivity contribution in [1.29, 1.82) is 0 Å². The number of esters is 1. The van der Waals surface area contributed by atoms with Crippen LogP contribution in [0.25, 0.3) is 0 Å². The molecule has 6 nitrogen and oxygen atoms in total. The molecule has 156 valence electrons. The Kier molecular flexibility index (Phi) is 7.28. The zero-order valence-corrected chi connectivity index (χ0v) is 18.0. The number of methoxy groups -OCH3 is 1. The summed E-state index contributed by atoms with van der Waals surface area (Å²) in [6.07, 6.45) is 3.79. The zero-order chi connectivity index (χ0) is 20.8. The monoisotopic (exact) mass is 416 g/mol. The minimum Gasteiger partial charge on any atom is -0.497 e. The number of hydrogen-bond donors (Lipinski definition) is 2. The van der Waals surface area contributed by atoms with Crippen molar-refractivity contribution in [3.05, 3.63) is 45.8 Å². The highest BCUT2D eigenvalue weighted by Gasteiger charge is 2.27. The lowest BCUT2D eigenvalue weighted by molar-refractivity contribution is -0.115. The maximum absolute atomic E-state index is 12.6. The predicted molar refractivity (Wildman–Crippen MR) is 115 cm³/mol. The lowest BCUT2D eigenvalue weighted by Crippen LogP contribution is -2.28. The summed E-state index contributed by atoms with van der Waals surface area (Å²) >= 11 is 1.51. The molecule has 1 aromatic carbocycles. The van der Waals surface area contributed by atoms with Crippen LogP contribution in [0, 0.1) is 0 Å². The number of carbonyl (C=O) groups excluding carboxylic acids is 2. The molecule has 1 aliphatic rings. The van der Waals surface area contributed by atoms with Gasteiger partial charge >= 0.3 is 5.97 Å². The summed E-state index contributed by atoms with van der Waals surface area (Å²) in [7, 11) is 1.63. The van der Waals surface area contributed by atoms with Crippen LogP contribution in [0.2, 0.25) is 0 Å². The second-order valence-corrected chi connectivity index (χ2v) is 8.47. The Morgan fingerprint density at radius 3 is 2.55 bits per heavy atom. The Hall–Kier alpha value is -2.38. The number of carbonyl (C=O) groups is 2. The van der Waals surface area contributed by atoms with Gasteiger partial charge in [0.25, 0.3) is 0 Å². The van der Waals surface area contributed by atoms with Crippen molar-refractivity contribution < 1.29 is 19.1 Å². The van der Waals surface area contributed by atoms with Crippen molar-refractivity contribution in [3.63, 3.8) is 0 Å². The average Bonchev–Trinajstić information content (AvgIpc) is 3.05. The number of hydrogen-bond acceptors (Lipinski definition) is 6. The third kappa shape index (κ3) is 5.58. The summed E-state index contributed by atoms with van der Waals surface area (Å²) in [4.78, 5) is 26.3. The molecule has 1 aromatic heterocycles. The number of benzene rings is 1. The molecule has 2 aromatic rings. The van der Waals surface area contributed by atoms with E-state index in [2.05, 4.69) is 10.6 Å². The standard InChI is InChI=1S/C22H28N2O4S/c1-14(2)28-22(26)20-17-6-4-5-7-18(17)29-21(20)24-19(25)13-23-12-15-8-10-16(27-3)11-9-15/h8-11,14,23H,4-7,12-13H2,1-3H3,(H,24,25). The van der Waals surface area contributed by atoms with Crippen molar-refractivity contribution in [2.24, 2.45) is 0 Å². The molecule has 0 bridgehead atoms. The fourth-order valence-electron chi connectivity index (χ4n) is 3.38. The number of nitrogens with one attached hydrogen (secondary N) is 2. The number of anilines is 1. The van der Waals surface area contributed by atoms with Crippen LogP contribution in [-0.4, -0.2) is 31.6 Å². The van der Waals surface area contributed by atoms with E-state index in [0.717, 1.165) is 42.6 Å². The fourth-order valence-corrected chi connectivity index (χ4v) is 4.67. The molecule has 0 radical (unpaired) electrons. The van der Waals surface area contributed by atoms with Crippen LogP contribution in [0.3, 0.4) is 0 Å². The van der Waals surface area contributed by atoms with Gasteiger partial charge in [-0.05, 0) is 62.8 Å². The van der Waals surface area contributed by atoms with Gasteiger partial charge in [-0.1, -0.05) is 12.1 Å². The first kappa shape index (κ1) is 21.3. The lowest BCUT2D eigenvalue weighted by atomic mass is 9.95. The van der Waals surface area contributed by atoms with Crippen molar-refractivity contribution in [1.82, 2.24) is 5.32 Å². The minimum absolute atomic E-state index is 0.160. The van der Waals surface area contributed by atoms with Gasteiger partial charge in [0.05, 0.1) is 25.3 Å². The van der Waals surface area contributed by atoms with E-state index in [1.54, 1.807) is 7.11 Å². The highest BCUT2D eigenvalue weighted by Crippen LogP contribution is 2.38. The van der Waals surface area contributed by atoms with E-state index >= 15 is 0 Å². The van der Waals surface area contributed by atoms with Crippen LogP contribution in [0.5, 0.6) is 5.75 Å². The quantitative estimate of drug-likeness (QED) is 0.638. The number of aryl methyl sites for hydroxylation is 1. The molecular formula is C22H28N2O4S. The molecule has 29 heavy (non-hydrogen) atoms. The first-order chi connectivity index (χ1) is 14.0. The fraction of sp³-hybridized carbons (Fsp3) is 0.455. The molecule has 3 rings (SSSR count). The van der Waals surface area contributed by atoms with Crippen LogP contribution in [-0.2, 0) is 28.9 Å². The van der Waals surface area contributed by atoms with Gasteiger partial charge in [0.1, 0.15) is 10.8 Å². The summed E-state index contributed by atoms with van der Waals surface area (Å²) in [6, 6.07) is 7.69. The number of rotatable bonds is 8. The molecule has 7 heteroatoms. The molecule has 1 heterocycles. The molecule has 0 aliphatic heterocycles. The molecule has 1 amide bonds. The number of fused-ring (bicyclic) bond motifs is 1. The van der Waals surface area contributed by atoms with E-state index in [9.17, 15) is 9.59 Å². The smallest absolute Gasteiger partial charge is 0.341 e. The Labute approximate surface area is 175 Å². The molecule has 2 N–H and O–H groups in total. The van der Waals surface area contributed by atoms with Crippen molar-refractivity contribution in [3.8, 4) is 5.75 Å². The third-order valence-electron chi connectivity index (χ3n) is 4.74. The summed E-state index contributed by atoms with van der Waals surface area (Å²) in [5, 5.41) is 6.67. The van der Waals surface area contributed by atoms with Gasteiger partial charge in [0, 0.05) is 11.4 Å². The van der Waals surface area contributed by atoms with Gasteiger partial charge in [-0.2, -0.15) is 0 Å². The highest BCUT2D eigenvalue weighted by molar-refractivity contribution is 7.17. The molecule has 0 atom stereocenters. The summed E-state index contributed by atoms with van der Waals surface area (Å²) in [6.45, 7) is 4.39. The van der Waals surface area contributed by atoms with E-state index in [4.69, 9.17) is 9.47 Å². The van der Waals surface area contributed by atoms with Gasteiger partial charge in [0.15, 0.2) is 0 Å². The predicted octanol–water partition coefficient (Wildman–Crippen LogP) is 3.93. The summed E-state index contributed by atoms with van der Waals surface area (Å²) in [5.74, 6) is 0.283. The Morgan fingerprint density at radius 1 is 1.14 bits per heavy atom. The van der Waals surface area contributed by atoms with Gasteiger partial charge in [0.2, 0.25) is 5.91 Å². The van der Waals surface area contributed by atoms with E-state index in [-0.39, 0.29) is 24.5 Å². The van der Waals surface area contributed by atoms with Crippen molar-refractivity contribution in [2.45, 2.75) is 52.2 Å². The van der Waals surface area contributed by atoms with E-state index < -0.39 is 0 Å². The SMILES string of the molecule is COc1ccc(CNCC(=O)Nc2sc3c(c2C(=O)OC(C)C)CCCC3)cc1. The van der Waals surface area contributed by atoms with Gasteiger partial charge in [-0.25, -0.2) is 4.79 Å². The normalized spacial score (nSPS) is 13.1. The first-order valence-electron chi connectivity index (χ1n) is 9.97. The molecule has 0 fully saturated rings. The van der Waals surface area contributed by atoms with Crippen LogP contribution >= 0.6 is 11.3 Å². The number of thiophene rings is 1. The van der Waals surface area contributed by atoms with Crippen LogP contribution in [0.1, 0.15) is 53.1 Å². The Morgan fingerprint density at radius 2 is 1.86 bits per heavy atom. The molecule has 1 aliphatic carbocycles. The minimum atomic E-state index is -0.346. The first-order valence-corrected chi connectivity index (χ1v) is 10.8. The van der Waals surface area contributed by atoms with Crippen LogP contribution in [0.15, 0.2) is 24.3 Å². The van der Waals surface area contributed by atoms with Crippen LogP contribution < -0.4 is 15.4 Å². The Bertz CT molecular complexity index is 858. The summed E-state index contributed by atoms with van der Waals surface area (Å²) in [5.41, 5.74) is 2.65. The van der Waals surface area contributed by atoms with E-state index in [1.165, 1.54) is 16.2 Å². The van der Waals surface area contributed by atoms with E-state index in [0.29, 0.717) is 17.1 Å². The van der Waals surface area contributed by atoms with Crippen molar-refractivity contribution >= 4 is 28.2 Å². The molecule has 0 unspecified atom stereocenters. The Balaban J connectivity index is 1.63. The second-order valence-electron chi connectivity index (χ2n) is 7.37. The van der Waals surface area contributed by atoms with Crippen molar-refractivity contribution in [2.75, 3.05) is 19.0 Å². The highest BCUT2D eigenvalue weighted by atomic mass is 32.1. The van der Waals surface area contributed by atoms with Crippen LogP contribution in [0.4, 0.5) is 5.00 Å². The summed E-state index contributed by atoms with van der Waals surface area (Å²) < 4.78 is 10.6. The number of ether oxygens (including phenoxy) is 2. The molecule has 0 spiro atoms. The molecule has 0 saturated heterocycles. The largest absolute Gasteiger partial charge is 0.497 e. The maximum Gasteiger partial charge on any atom is 0.341 e. The third-order valence-corrected chi connectivity index (χ3v) is 5.95. The molecule has 0 saturated carbocycles. The maximum atomic E-state index is 12.6. The van der Waals surface area contributed by atoms with Gasteiger partial charge in [-0.3, -0.25) is 4.79 Å². The van der Waals surface area contributed by atoms with E-state index in [1.807, 2.05) is 38.1 Å².